The van der Waals surface area contributed by atoms with Crippen LogP contribution in [0.3, 0.4) is 0 Å². The van der Waals surface area contributed by atoms with Crippen LogP contribution in [0.4, 0.5) is 0 Å². The van der Waals surface area contributed by atoms with Crippen molar-refractivity contribution in [3.8, 4) is 5.75 Å². The zero-order valence-electron chi connectivity index (χ0n) is 15.9. The number of nitrogens with one attached hydrogen (secondary N) is 1. The minimum absolute atomic E-state index is 0.226. The first-order valence-electron chi connectivity index (χ1n) is 9.81. The van der Waals surface area contributed by atoms with E-state index in [1.54, 1.807) is 0 Å². The van der Waals surface area contributed by atoms with Gasteiger partial charge in [0.25, 0.3) is 0 Å². The highest BCUT2D eigenvalue weighted by Gasteiger charge is 2.17. The van der Waals surface area contributed by atoms with E-state index in [0.717, 1.165) is 38.3 Å². The molecule has 1 saturated heterocycles. The lowest BCUT2D eigenvalue weighted by atomic mass is 10.0. The molecule has 0 bridgehead atoms. The standard InChI is InChI=1S/C24H27NO2/c1-18-6-4-7-19(14-18)15-25-16-23-22-10-3-2-8-20(22)11-12-24(23)27-17-21-9-5-13-26-21/h2-4,6-8,10-12,14,21,25H,5,9,13,15-17H2,1H3. The van der Waals surface area contributed by atoms with Gasteiger partial charge in [-0.3, -0.25) is 0 Å². The Kier molecular flexibility index (Phi) is 5.71. The van der Waals surface area contributed by atoms with Crippen molar-refractivity contribution in [1.82, 2.24) is 5.32 Å². The van der Waals surface area contributed by atoms with Crippen LogP contribution in [-0.2, 0) is 17.8 Å². The molecule has 3 aromatic rings. The maximum Gasteiger partial charge on any atom is 0.124 e. The van der Waals surface area contributed by atoms with Crippen LogP contribution >= 0.6 is 0 Å². The lowest BCUT2D eigenvalue weighted by molar-refractivity contribution is 0.0676. The molecule has 0 aromatic heterocycles. The van der Waals surface area contributed by atoms with Gasteiger partial charge in [-0.05, 0) is 42.2 Å². The Balaban J connectivity index is 1.51. The summed E-state index contributed by atoms with van der Waals surface area (Å²) in [5.41, 5.74) is 3.82. The molecule has 1 atom stereocenters. The topological polar surface area (TPSA) is 30.5 Å². The summed E-state index contributed by atoms with van der Waals surface area (Å²) in [5, 5.41) is 6.09. The Hall–Kier alpha value is -2.36. The molecule has 1 unspecified atom stereocenters. The Morgan fingerprint density at radius 2 is 1.96 bits per heavy atom. The van der Waals surface area contributed by atoms with Crippen molar-refractivity contribution in [1.29, 1.82) is 0 Å². The van der Waals surface area contributed by atoms with Crippen LogP contribution in [0, 0.1) is 6.92 Å². The van der Waals surface area contributed by atoms with Crippen LogP contribution in [0.5, 0.6) is 5.75 Å². The second kappa shape index (κ2) is 8.55. The summed E-state index contributed by atoms with van der Waals surface area (Å²) >= 11 is 0. The summed E-state index contributed by atoms with van der Waals surface area (Å²) in [6.45, 7) is 5.23. The van der Waals surface area contributed by atoms with Crippen molar-refractivity contribution >= 4 is 10.8 Å². The third-order valence-electron chi connectivity index (χ3n) is 5.16. The van der Waals surface area contributed by atoms with Gasteiger partial charge < -0.3 is 14.8 Å². The molecular formula is C24H27NO2. The predicted molar refractivity (Wildman–Crippen MR) is 110 cm³/mol. The van der Waals surface area contributed by atoms with Crippen LogP contribution in [0.25, 0.3) is 10.8 Å². The van der Waals surface area contributed by atoms with Crippen LogP contribution in [0.1, 0.15) is 29.5 Å². The summed E-state index contributed by atoms with van der Waals surface area (Å²) in [7, 11) is 0. The molecule has 27 heavy (non-hydrogen) atoms. The molecule has 4 rings (SSSR count). The van der Waals surface area contributed by atoms with Gasteiger partial charge in [-0.15, -0.1) is 0 Å². The minimum Gasteiger partial charge on any atom is -0.491 e. The monoisotopic (exact) mass is 361 g/mol. The second-order valence-electron chi connectivity index (χ2n) is 7.30. The third-order valence-corrected chi connectivity index (χ3v) is 5.16. The van der Waals surface area contributed by atoms with Gasteiger partial charge >= 0.3 is 0 Å². The molecule has 1 fully saturated rings. The van der Waals surface area contributed by atoms with Crippen LogP contribution in [0.15, 0.2) is 60.7 Å². The van der Waals surface area contributed by atoms with Crippen LogP contribution < -0.4 is 10.1 Å². The number of fused-ring (bicyclic) bond motifs is 1. The fraction of sp³-hybridized carbons (Fsp3) is 0.333. The average molecular weight is 361 g/mol. The Labute approximate surface area is 161 Å². The zero-order chi connectivity index (χ0) is 18.5. The molecule has 3 nitrogen and oxygen atoms in total. The molecule has 0 aliphatic carbocycles. The molecule has 3 aromatic carbocycles. The molecule has 1 N–H and O–H groups in total. The van der Waals surface area contributed by atoms with Crippen molar-refractivity contribution in [3.63, 3.8) is 0 Å². The quantitative estimate of drug-likeness (QED) is 0.643. The van der Waals surface area contributed by atoms with Gasteiger partial charge in [0, 0.05) is 25.3 Å². The fourth-order valence-corrected chi connectivity index (χ4v) is 3.75. The number of hydrogen-bond donors (Lipinski definition) is 1. The van der Waals surface area contributed by atoms with E-state index in [1.807, 2.05) is 0 Å². The van der Waals surface area contributed by atoms with Crippen molar-refractivity contribution in [2.75, 3.05) is 13.2 Å². The lowest BCUT2D eigenvalue weighted by Gasteiger charge is -2.17. The normalized spacial score (nSPS) is 16.7. The number of benzene rings is 3. The van der Waals surface area contributed by atoms with E-state index in [4.69, 9.17) is 9.47 Å². The third kappa shape index (κ3) is 4.49. The predicted octanol–water partition coefficient (Wildman–Crippen LogP) is 5.00. The molecule has 1 aliphatic rings. The maximum absolute atomic E-state index is 6.19. The van der Waals surface area contributed by atoms with Gasteiger partial charge in [0.15, 0.2) is 0 Å². The van der Waals surface area contributed by atoms with Crippen molar-refractivity contribution in [3.05, 3.63) is 77.4 Å². The molecule has 3 heteroatoms. The first-order valence-corrected chi connectivity index (χ1v) is 9.81. The van der Waals surface area contributed by atoms with E-state index < -0.39 is 0 Å². The van der Waals surface area contributed by atoms with Crippen LogP contribution in [-0.4, -0.2) is 19.3 Å². The molecule has 0 radical (unpaired) electrons. The van der Waals surface area contributed by atoms with E-state index in [2.05, 4.69) is 72.9 Å². The molecule has 1 heterocycles. The van der Waals surface area contributed by atoms with Gasteiger partial charge in [0.1, 0.15) is 12.4 Å². The van der Waals surface area contributed by atoms with Crippen molar-refractivity contribution in [2.45, 2.75) is 39.0 Å². The van der Waals surface area contributed by atoms with Gasteiger partial charge in [-0.1, -0.05) is 60.2 Å². The number of aryl methyl sites for hydroxylation is 1. The Bertz CT molecular complexity index is 900. The van der Waals surface area contributed by atoms with E-state index >= 15 is 0 Å². The smallest absolute Gasteiger partial charge is 0.124 e. The SMILES string of the molecule is Cc1cccc(CNCc2c(OCC3CCCO3)ccc3ccccc23)c1. The highest BCUT2D eigenvalue weighted by Crippen LogP contribution is 2.29. The van der Waals surface area contributed by atoms with Gasteiger partial charge in [0.05, 0.1) is 6.10 Å². The van der Waals surface area contributed by atoms with Gasteiger partial charge in [-0.2, -0.15) is 0 Å². The first kappa shape index (κ1) is 18.0. The molecule has 0 spiro atoms. The minimum atomic E-state index is 0.226. The Morgan fingerprint density at radius 3 is 2.81 bits per heavy atom. The van der Waals surface area contributed by atoms with Crippen LogP contribution in [0.2, 0.25) is 0 Å². The fourth-order valence-electron chi connectivity index (χ4n) is 3.75. The van der Waals surface area contributed by atoms with Gasteiger partial charge in [0.2, 0.25) is 0 Å². The second-order valence-corrected chi connectivity index (χ2v) is 7.30. The molecule has 0 amide bonds. The summed E-state index contributed by atoms with van der Waals surface area (Å²) in [6.07, 6.45) is 2.45. The molecular weight excluding hydrogens is 334 g/mol. The summed E-state index contributed by atoms with van der Waals surface area (Å²) in [5.74, 6) is 0.959. The number of rotatable bonds is 7. The van der Waals surface area contributed by atoms with E-state index in [-0.39, 0.29) is 6.10 Å². The lowest BCUT2D eigenvalue weighted by Crippen LogP contribution is -2.18. The molecule has 0 saturated carbocycles. The first-order chi connectivity index (χ1) is 13.3. The van der Waals surface area contributed by atoms with E-state index in [9.17, 15) is 0 Å². The van der Waals surface area contributed by atoms with E-state index in [1.165, 1.54) is 27.5 Å². The summed E-state index contributed by atoms with van der Waals surface area (Å²) in [6, 6.07) is 21.4. The summed E-state index contributed by atoms with van der Waals surface area (Å²) < 4.78 is 11.9. The van der Waals surface area contributed by atoms with Gasteiger partial charge in [-0.25, -0.2) is 0 Å². The average Bonchev–Trinajstić information content (AvgIpc) is 3.21. The van der Waals surface area contributed by atoms with Crippen molar-refractivity contribution < 1.29 is 9.47 Å². The zero-order valence-corrected chi connectivity index (χ0v) is 15.9. The Morgan fingerprint density at radius 1 is 1.04 bits per heavy atom. The maximum atomic E-state index is 6.19. The largest absolute Gasteiger partial charge is 0.491 e. The molecule has 140 valence electrons. The highest BCUT2D eigenvalue weighted by atomic mass is 16.5. The van der Waals surface area contributed by atoms with Crippen molar-refractivity contribution in [2.24, 2.45) is 0 Å². The van der Waals surface area contributed by atoms with E-state index in [0.29, 0.717) is 6.61 Å². The number of hydrogen-bond acceptors (Lipinski definition) is 3. The summed E-state index contributed by atoms with van der Waals surface area (Å²) in [4.78, 5) is 0. The highest BCUT2D eigenvalue weighted by molar-refractivity contribution is 5.87. The number of ether oxygens (including phenoxy) is 2. The molecule has 1 aliphatic heterocycles.